The largest absolute Gasteiger partial charge is 0.507 e. The number of rotatable bonds is 6. The Balaban J connectivity index is 1.87. The molecule has 1 aliphatic heterocycles. The minimum Gasteiger partial charge on any atom is -0.507 e. The predicted octanol–water partition coefficient (Wildman–Crippen LogP) is 6.88. The third-order valence-electron chi connectivity index (χ3n) is 5.95. The number of hydrogen-bond acceptors (Lipinski definition) is 4. The van der Waals surface area contributed by atoms with Crippen LogP contribution in [-0.2, 0) is 9.59 Å². The second kappa shape index (κ2) is 9.96. The van der Waals surface area contributed by atoms with Gasteiger partial charge in [-0.25, -0.2) is 0 Å². The lowest BCUT2D eigenvalue weighted by molar-refractivity contribution is -0.132. The van der Waals surface area contributed by atoms with Crippen LogP contribution in [0.4, 0.5) is 5.69 Å². The Morgan fingerprint density at radius 3 is 2.17 bits per heavy atom. The van der Waals surface area contributed by atoms with Gasteiger partial charge in [-0.1, -0.05) is 61.8 Å². The molecule has 1 saturated heterocycles. The lowest BCUT2D eigenvalue weighted by Gasteiger charge is -2.26. The molecule has 1 aliphatic rings. The van der Waals surface area contributed by atoms with E-state index in [1.807, 2.05) is 50.2 Å². The van der Waals surface area contributed by atoms with Crippen molar-refractivity contribution in [3.05, 3.63) is 100 Å². The summed E-state index contributed by atoms with van der Waals surface area (Å²) in [4.78, 5) is 28.1. The van der Waals surface area contributed by atoms with E-state index in [1.165, 1.54) is 4.90 Å². The average Bonchev–Trinajstić information content (AvgIpc) is 3.09. The summed E-state index contributed by atoms with van der Waals surface area (Å²) >= 11 is 6.13. The summed E-state index contributed by atoms with van der Waals surface area (Å²) in [6, 6.07) is 20.6. The third kappa shape index (κ3) is 4.96. The fraction of sp³-hybridized carbons (Fsp3) is 0.241. The molecule has 3 aromatic rings. The molecule has 0 aliphatic carbocycles. The number of carbonyl (C=O) groups excluding carboxylic acids is 2. The second-order valence-corrected chi connectivity index (χ2v) is 9.60. The van der Waals surface area contributed by atoms with Crippen LogP contribution in [0.15, 0.2) is 78.4 Å². The SMILES string of the molecule is CC(C)Oc1ccc(C2/C(=C(/O)c3cccc(Cl)c3)C(=O)C(=O)N2c2ccc(C(C)C)cc2)cc1. The first kappa shape index (κ1) is 24.6. The predicted molar refractivity (Wildman–Crippen MR) is 139 cm³/mol. The first-order valence-electron chi connectivity index (χ1n) is 11.6. The summed E-state index contributed by atoms with van der Waals surface area (Å²) in [6.07, 6.45) is 0.00814. The highest BCUT2D eigenvalue weighted by Crippen LogP contribution is 2.43. The van der Waals surface area contributed by atoms with Crippen molar-refractivity contribution in [3.63, 3.8) is 0 Å². The summed E-state index contributed by atoms with van der Waals surface area (Å²) in [7, 11) is 0. The fourth-order valence-electron chi connectivity index (χ4n) is 4.23. The van der Waals surface area contributed by atoms with E-state index in [1.54, 1.807) is 36.4 Å². The fourth-order valence-corrected chi connectivity index (χ4v) is 4.42. The molecule has 0 bridgehead atoms. The van der Waals surface area contributed by atoms with Crippen LogP contribution in [0.1, 0.15) is 56.3 Å². The van der Waals surface area contributed by atoms with Gasteiger partial charge in [0.25, 0.3) is 11.7 Å². The van der Waals surface area contributed by atoms with Gasteiger partial charge in [-0.3, -0.25) is 14.5 Å². The van der Waals surface area contributed by atoms with E-state index in [2.05, 4.69) is 13.8 Å². The number of ether oxygens (including phenoxy) is 1. The highest BCUT2D eigenvalue weighted by molar-refractivity contribution is 6.51. The standard InChI is InChI=1S/C29H28ClNO4/c1-17(2)19-8-12-23(13-9-19)31-26(20-10-14-24(15-11-20)35-18(3)4)25(28(33)29(31)34)27(32)21-6-5-7-22(30)16-21/h5-18,26,32H,1-4H3/b27-25-. The summed E-state index contributed by atoms with van der Waals surface area (Å²) in [5.41, 5.74) is 2.76. The van der Waals surface area contributed by atoms with Crippen molar-refractivity contribution in [1.29, 1.82) is 0 Å². The Morgan fingerprint density at radius 2 is 1.60 bits per heavy atom. The van der Waals surface area contributed by atoms with Crippen molar-refractivity contribution in [2.24, 2.45) is 0 Å². The lowest BCUT2D eigenvalue weighted by Crippen LogP contribution is -2.29. The van der Waals surface area contributed by atoms with Crippen LogP contribution in [0.25, 0.3) is 5.76 Å². The van der Waals surface area contributed by atoms with Crippen LogP contribution >= 0.6 is 11.6 Å². The second-order valence-electron chi connectivity index (χ2n) is 9.16. The topological polar surface area (TPSA) is 66.8 Å². The molecule has 180 valence electrons. The molecule has 0 aromatic heterocycles. The molecular weight excluding hydrogens is 462 g/mol. The lowest BCUT2D eigenvalue weighted by atomic mass is 9.95. The zero-order valence-electron chi connectivity index (χ0n) is 20.2. The minimum absolute atomic E-state index is 0.00814. The van der Waals surface area contributed by atoms with Gasteiger partial charge in [0.2, 0.25) is 0 Å². The highest BCUT2D eigenvalue weighted by atomic mass is 35.5. The van der Waals surface area contributed by atoms with Crippen molar-refractivity contribution in [1.82, 2.24) is 0 Å². The van der Waals surface area contributed by atoms with Gasteiger partial charge in [0.15, 0.2) is 0 Å². The van der Waals surface area contributed by atoms with Gasteiger partial charge >= 0.3 is 0 Å². The number of aliphatic hydroxyl groups is 1. The van der Waals surface area contributed by atoms with Gasteiger partial charge in [0.05, 0.1) is 17.7 Å². The van der Waals surface area contributed by atoms with Crippen LogP contribution < -0.4 is 9.64 Å². The number of amides is 1. The zero-order chi connectivity index (χ0) is 25.3. The van der Waals surface area contributed by atoms with E-state index in [-0.39, 0.29) is 17.4 Å². The number of hydrogen-bond donors (Lipinski definition) is 1. The Morgan fingerprint density at radius 1 is 0.943 bits per heavy atom. The van der Waals surface area contributed by atoms with Gasteiger partial charge in [-0.05, 0) is 67.3 Å². The molecule has 0 radical (unpaired) electrons. The number of benzene rings is 3. The zero-order valence-corrected chi connectivity index (χ0v) is 20.9. The Bertz CT molecular complexity index is 1280. The maximum atomic E-state index is 13.3. The molecule has 0 saturated carbocycles. The van der Waals surface area contributed by atoms with E-state index in [9.17, 15) is 14.7 Å². The summed E-state index contributed by atoms with van der Waals surface area (Å²) < 4.78 is 5.75. The van der Waals surface area contributed by atoms with Gasteiger partial charge in [0.1, 0.15) is 11.5 Å². The van der Waals surface area contributed by atoms with E-state index in [4.69, 9.17) is 16.3 Å². The number of nitrogens with zero attached hydrogens (tertiary/aromatic N) is 1. The van der Waals surface area contributed by atoms with Crippen molar-refractivity contribution in [2.75, 3.05) is 4.90 Å². The number of carbonyl (C=O) groups is 2. The highest BCUT2D eigenvalue weighted by Gasteiger charge is 2.47. The Hall–Kier alpha value is -3.57. The van der Waals surface area contributed by atoms with Crippen molar-refractivity contribution in [2.45, 2.75) is 45.8 Å². The molecule has 3 aromatic carbocycles. The van der Waals surface area contributed by atoms with Crippen molar-refractivity contribution >= 4 is 34.7 Å². The molecule has 0 spiro atoms. The van der Waals surface area contributed by atoms with Gasteiger partial charge in [0, 0.05) is 16.3 Å². The van der Waals surface area contributed by atoms with Gasteiger partial charge < -0.3 is 9.84 Å². The summed E-state index contributed by atoms with van der Waals surface area (Å²) in [6.45, 7) is 8.06. The Kier molecular flexibility index (Phi) is 6.99. The number of Topliss-reactive ketones (excluding diaryl/α,β-unsaturated/α-hetero) is 1. The molecule has 1 heterocycles. The van der Waals surface area contributed by atoms with Crippen LogP contribution in [0.2, 0.25) is 5.02 Å². The molecule has 1 atom stereocenters. The van der Waals surface area contributed by atoms with Gasteiger partial charge in [-0.2, -0.15) is 0 Å². The van der Waals surface area contributed by atoms with Crippen molar-refractivity contribution in [3.8, 4) is 5.75 Å². The molecule has 35 heavy (non-hydrogen) atoms. The maximum absolute atomic E-state index is 13.3. The smallest absolute Gasteiger partial charge is 0.300 e. The van der Waals surface area contributed by atoms with Crippen LogP contribution in [-0.4, -0.2) is 22.9 Å². The molecule has 4 rings (SSSR count). The van der Waals surface area contributed by atoms with Gasteiger partial charge in [-0.15, -0.1) is 0 Å². The van der Waals surface area contributed by atoms with E-state index in [0.717, 1.165) is 5.56 Å². The summed E-state index contributed by atoms with van der Waals surface area (Å²) in [5, 5.41) is 11.6. The summed E-state index contributed by atoms with van der Waals surface area (Å²) in [5.74, 6) is -0.704. The number of halogens is 1. The molecular formula is C29H28ClNO4. The third-order valence-corrected chi connectivity index (χ3v) is 6.18. The monoisotopic (exact) mass is 489 g/mol. The molecule has 1 amide bonds. The maximum Gasteiger partial charge on any atom is 0.300 e. The van der Waals surface area contributed by atoms with Crippen LogP contribution in [0.3, 0.4) is 0 Å². The Labute approximate surface area is 210 Å². The van der Waals surface area contributed by atoms with Crippen LogP contribution in [0.5, 0.6) is 5.75 Å². The first-order valence-corrected chi connectivity index (χ1v) is 12.0. The van der Waals surface area contributed by atoms with E-state index >= 15 is 0 Å². The number of anilines is 1. The van der Waals surface area contributed by atoms with E-state index in [0.29, 0.717) is 33.5 Å². The molecule has 1 N–H and O–H groups in total. The van der Waals surface area contributed by atoms with Crippen molar-refractivity contribution < 1.29 is 19.4 Å². The molecule has 6 heteroatoms. The molecule has 5 nitrogen and oxygen atoms in total. The quantitative estimate of drug-likeness (QED) is 0.233. The average molecular weight is 490 g/mol. The molecule has 1 unspecified atom stereocenters. The molecule has 1 fully saturated rings. The minimum atomic E-state index is -0.813. The number of aliphatic hydroxyl groups excluding tert-OH is 1. The number of ketones is 1. The first-order chi connectivity index (χ1) is 16.7. The van der Waals surface area contributed by atoms with E-state index < -0.39 is 17.7 Å². The van der Waals surface area contributed by atoms with Crippen LogP contribution in [0, 0.1) is 0 Å². The normalized spacial score (nSPS) is 17.5.